The number of para-hydroxylation sites is 1. The first-order chi connectivity index (χ1) is 17.5. The molecule has 1 unspecified atom stereocenters. The van der Waals surface area contributed by atoms with Crippen LogP contribution in [0.25, 0.3) is 0 Å². The molecule has 0 spiro atoms. The van der Waals surface area contributed by atoms with Gasteiger partial charge in [-0.3, -0.25) is 15.0 Å². The lowest BCUT2D eigenvalue weighted by Crippen LogP contribution is -2.41. The fourth-order valence-electron chi connectivity index (χ4n) is 4.10. The summed E-state index contributed by atoms with van der Waals surface area (Å²) in [7, 11) is 0. The maximum atomic E-state index is 13.2. The molecule has 1 aliphatic heterocycles. The molecule has 0 aliphatic carbocycles. The van der Waals surface area contributed by atoms with Crippen LogP contribution in [0.3, 0.4) is 0 Å². The fourth-order valence-corrected chi connectivity index (χ4v) is 4.36. The van der Waals surface area contributed by atoms with E-state index in [1.54, 1.807) is 12.1 Å². The zero-order valence-corrected chi connectivity index (χ0v) is 20.6. The molecular formula is C28H26ClN5O2. The number of amides is 2. The molecule has 7 nitrogen and oxygen atoms in total. The number of benzene rings is 3. The van der Waals surface area contributed by atoms with Crippen LogP contribution in [-0.4, -0.2) is 22.7 Å². The van der Waals surface area contributed by atoms with Gasteiger partial charge in [0.1, 0.15) is 12.3 Å². The van der Waals surface area contributed by atoms with Crippen molar-refractivity contribution in [3.63, 3.8) is 0 Å². The Morgan fingerprint density at radius 3 is 2.61 bits per heavy atom. The van der Waals surface area contributed by atoms with E-state index >= 15 is 0 Å². The molecule has 1 heterocycles. The van der Waals surface area contributed by atoms with E-state index in [2.05, 4.69) is 21.8 Å². The van der Waals surface area contributed by atoms with Crippen LogP contribution in [0.5, 0.6) is 0 Å². The Labute approximate surface area is 215 Å². The Bertz CT molecular complexity index is 1330. The Balaban J connectivity index is 1.55. The molecule has 1 fully saturated rings. The molecule has 0 bridgehead atoms. The predicted molar refractivity (Wildman–Crippen MR) is 141 cm³/mol. The Morgan fingerprint density at radius 2 is 1.86 bits per heavy atom. The van der Waals surface area contributed by atoms with Crippen LogP contribution in [0.2, 0.25) is 5.02 Å². The molecule has 0 saturated carbocycles. The van der Waals surface area contributed by atoms with E-state index in [0.29, 0.717) is 41.5 Å². The summed E-state index contributed by atoms with van der Waals surface area (Å²) in [4.78, 5) is 30.6. The maximum absolute atomic E-state index is 13.2. The van der Waals surface area contributed by atoms with Gasteiger partial charge < -0.3 is 5.32 Å². The van der Waals surface area contributed by atoms with E-state index in [1.807, 2.05) is 67.6 Å². The number of halogens is 1. The first kappa shape index (κ1) is 25.0. The van der Waals surface area contributed by atoms with Gasteiger partial charge >= 0.3 is 0 Å². The van der Waals surface area contributed by atoms with Crippen molar-refractivity contribution in [3.8, 4) is 6.07 Å². The molecular weight excluding hydrogens is 474 g/mol. The highest BCUT2D eigenvalue weighted by atomic mass is 35.5. The number of anilines is 1. The van der Waals surface area contributed by atoms with Crippen LogP contribution < -0.4 is 10.7 Å². The number of hydrogen-bond acceptors (Lipinski definition) is 4. The second kappa shape index (κ2) is 11.5. The molecule has 4 rings (SSSR count). The number of rotatable bonds is 7. The molecule has 182 valence electrons. The summed E-state index contributed by atoms with van der Waals surface area (Å²) in [6.07, 6.45) is 1.02. The minimum atomic E-state index is -0.387. The van der Waals surface area contributed by atoms with Crippen molar-refractivity contribution in [2.45, 2.75) is 38.6 Å². The van der Waals surface area contributed by atoms with Crippen LogP contribution >= 0.6 is 11.6 Å². The average Bonchev–Trinajstić information content (AvgIpc) is 3.30. The molecule has 36 heavy (non-hydrogen) atoms. The van der Waals surface area contributed by atoms with Gasteiger partial charge in [-0.25, -0.2) is 10.0 Å². The first-order valence-corrected chi connectivity index (χ1v) is 12.0. The number of hydrogen-bond donors (Lipinski definition) is 2. The summed E-state index contributed by atoms with van der Waals surface area (Å²) in [6.45, 7) is 1.90. The van der Waals surface area contributed by atoms with Gasteiger partial charge in [0.2, 0.25) is 5.91 Å². The standard InChI is InChI=1S/C28H26ClN5O2/c1-19-9-5-6-14-22(19)32-26(35)18-27(36)34-24(20-10-3-2-4-11-20)17-25(33-34)31-23-15-7-12-21(28(23)29)13-8-16-30/h2-7,9-12,14-15,24H,8,13,17-18H2,1H3,(H,31,33)(H,32,35). The van der Waals surface area contributed by atoms with E-state index < -0.39 is 0 Å². The SMILES string of the molecule is Cc1ccccc1NC(=O)CC(=O)N1NC(=Nc2cccc(CCC#N)c2Cl)CC1c1ccccc1. The number of nitriles is 1. The molecule has 8 heteroatoms. The summed E-state index contributed by atoms with van der Waals surface area (Å²) in [5.41, 5.74) is 7.04. The minimum absolute atomic E-state index is 0.317. The summed E-state index contributed by atoms with van der Waals surface area (Å²) in [5, 5.41) is 13.7. The third kappa shape index (κ3) is 5.91. The van der Waals surface area contributed by atoms with Gasteiger partial charge in [-0.05, 0) is 42.2 Å². The number of amidine groups is 1. The normalized spacial score (nSPS) is 15.9. The molecule has 1 aliphatic rings. The zero-order chi connectivity index (χ0) is 25.5. The lowest BCUT2D eigenvalue weighted by molar-refractivity contribution is -0.137. The molecule has 0 aromatic heterocycles. The van der Waals surface area contributed by atoms with Crippen LogP contribution in [-0.2, 0) is 16.0 Å². The Morgan fingerprint density at radius 1 is 1.11 bits per heavy atom. The van der Waals surface area contributed by atoms with E-state index in [1.165, 1.54) is 5.01 Å². The summed E-state index contributed by atoms with van der Waals surface area (Å²) < 4.78 is 0. The zero-order valence-electron chi connectivity index (χ0n) is 19.9. The van der Waals surface area contributed by atoms with Gasteiger partial charge in [-0.2, -0.15) is 5.26 Å². The van der Waals surface area contributed by atoms with Crippen molar-refractivity contribution in [2.75, 3.05) is 5.32 Å². The number of carbonyl (C=O) groups excluding carboxylic acids is 2. The smallest absolute Gasteiger partial charge is 0.250 e. The topological polar surface area (TPSA) is 97.6 Å². The molecule has 0 radical (unpaired) electrons. The second-order valence-corrected chi connectivity index (χ2v) is 8.89. The number of hydrazine groups is 1. The van der Waals surface area contributed by atoms with E-state index in [-0.39, 0.29) is 24.3 Å². The molecule has 3 aromatic carbocycles. The monoisotopic (exact) mass is 499 g/mol. The van der Waals surface area contributed by atoms with Gasteiger partial charge in [-0.1, -0.05) is 72.3 Å². The fraction of sp³-hybridized carbons (Fsp3) is 0.214. The summed E-state index contributed by atoms with van der Waals surface area (Å²) in [5.74, 6) is -0.189. The van der Waals surface area contributed by atoms with Gasteiger partial charge in [-0.15, -0.1) is 0 Å². The van der Waals surface area contributed by atoms with Crippen LogP contribution in [0.1, 0.15) is 42.0 Å². The lowest BCUT2D eigenvalue weighted by Gasteiger charge is -2.24. The van der Waals surface area contributed by atoms with Crippen LogP contribution in [0.15, 0.2) is 77.8 Å². The Hall–Kier alpha value is -4.15. The molecule has 1 atom stereocenters. The summed E-state index contributed by atoms with van der Waals surface area (Å²) in [6, 6.07) is 24.4. The van der Waals surface area contributed by atoms with Gasteiger partial charge in [0.05, 0.1) is 22.8 Å². The van der Waals surface area contributed by atoms with Crippen molar-refractivity contribution >= 4 is 40.6 Å². The lowest BCUT2D eigenvalue weighted by atomic mass is 10.0. The Kier molecular flexibility index (Phi) is 7.99. The number of aryl methyl sites for hydroxylation is 2. The van der Waals surface area contributed by atoms with Gasteiger partial charge in [0.15, 0.2) is 0 Å². The van der Waals surface area contributed by atoms with Crippen molar-refractivity contribution in [1.82, 2.24) is 10.4 Å². The number of carbonyl (C=O) groups is 2. The summed E-state index contributed by atoms with van der Waals surface area (Å²) >= 11 is 6.56. The third-order valence-corrected chi connectivity index (χ3v) is 6.39. The highest BCUT2D eigenvalue weighted by Gasteiger charge is 2.34. The minimum Gasteiger partial charge on any atom is -0.325 e. The molecule has 2 amide bonds. The predicted octanol–water partition coefficient (Wildman–Crippen LogP) is 5.64. The quantitative estimate of drug-likeness (QED) is 0.411. The number of aliphatic imine (C=N–C) groups is 1. The first-order valence-electron chi connectivity index (χ1n) is 11.7. The van der Waals surface area contributed by atoms with Crippen molar-refractivity contribution < 1.29 is 9.59 Å². The largest absolute Gasteiger partial charge is 0.325 e. The molecule has 1 saturated heterocycles. The van der Waals surface area contributed by atoms with E-state index in [4.69, 9.17) is 16.9 Å². The third-order valence-electron chi connectivity index (χ3n) is 5.95. The highest BCUT2D eigenvalue weighted by molar-refractivity contribution is 6.34. The number of nitrogens with one attached hydrogen (secondary N) is 2. The highest BCUT2D eigenvalue weighted by Crippen LogP contribution is 2.33. The van der Waals surface area contributed by atoms with Crippen molar-refractivity contribution in [2.24, 2.45) is 4.99 Å². The number of nitrogens with zero attached hydrogens (tertiary/aromatic N) is 3. The molecule has 2 N–H and O–H groups in total. The van der Waals surface area contributed by atoms with Crippen LogP contribution in [0, 0.1) is 18.3 Å². The van der Waals surface area contributed by atoms with E-state index in [9.17, 15) is 9.59 Å². The van der Waals surface area contributed by atoms with Crippen molar-refractivity contribution in [3.05, 3.63) is 94.5 Å². The van der Waals surface area contributed by atoms with Gasteiger partial charge in [0.25, 0.3) is 5.91 Å². The van der Waals surface area contributed by atoms with Crippen LogP contribution in [0.4, 0.5) is 11.4 Å². The van der Waals surface area contributed by atoms with Crippen molar-refractivity contribution in [1.29, 1.82) is 5.26 Å². The van der Waals surface area contributed by atoms with Gasteiger partial charge in [0, 0.05) is 18.5 Å². The second-order valence-electron chi connectivity index (χ2n) is 8.51. The van der Waals surface area contributed by atoms with E-state index in [0.717, 1.165) is 16.7 Å². The molecule has 3 aromatic rings. The average molecular weight is 500 g/mol. The maximum Gasteiger partial charge on any atom is 0.250 e.